The molecule has 0 radical (unpaired) electrons. The summed E-state index contributed by atoms with van der Waals surface area (Å²) in [5.74, 6) is 1.45. The van der Waals surface area contributed by atoms with E-state index >= 15 is 0 Å². The number of fused-ring (bicyclic) bond motifs is 1. The maximum absolute atomic E-state index is 13.2. The Hall–Kier alpha value is -3.28. The van der Waals surface area contributed by atoms with Crippen LogP contribution in [-0.2, 0) is 9.59 Å². The molecule has 162 valence electrons. The van der Waals surface area contributed by atoms with Crippen LogP contribution in [0.2, 0.25) is 0 Å². The third kappa shape index (κ3) is 4.74. The van der Waals surface area contributed by atoms with Crippen LogP contribution in [0.3, 0.4) is 0 Å². The van der Waals surface area contributed by atoms with Crippen molar-refractivity contribution in [3.8, 4) is 11.5 Å². The zero-order valence-corrected chi connectivity index (χ0v) is 18.0. The average Bonchev–Trinajstić information content (AvgIpc) is 2.78. The van der Waals surface area contributed by atoms with E-state index in [2.05, 4.69) is 12.2 Å². The predicted molar refractivity (Wildman–Crippen MR) is 120 cm³/mol. The Morgan fingerprint density at radius 2 is 1.90 bits per heavy atom. The van der Waals surface area contributed by atoms with Crippen LogP contribution in [0, 0.1) is 5.92 Å². The molecular formula is C25H28N2O4. The summed E-state index contributed by atoms with van der Waals surface area (Å²) in [6.07, 6.45) is 6.14. The van der Waals surface area contributed by atoms with Crippen molar-refractivity contribution >= 4 is 23.6 Å². The lowest BCUT2D eigenvalue weighted by Crippen LogP contribution is -2.48. The van der Waals surface area contributed by atoms with Crippen LogP contribution in [0.4, 0.5) is 5.69 Å². The molecule has 1 N–H and O–H groups in total. The standard InChI is InChI=1S/C25H28N2O4/c1-17-7-3-4-8-20(17)26-24(28)16-27-21-9-5-6-10-22(21)31-23(25(27)29)15-18-11-13-19(30-2)14-12-18/h5-6,9-15,17,20H,3-4,7-8,16H2,1-2H3,(H,26,28)/b23-15-/t17-,20-/m0/s1. The first-order valence-corrected chi connectivity index (χ1v) is 10.8. The van der Waals surface area contributed by atoms with E-state index in [1.807, 2.05) is 36.4 Å². The fourth-order valence-corrected chi connectivity index (χ4v) is 4.20. The number of amides is 2. The van der Waals surface area contributed by atoms with Crippen molar-refractivity contribution in [3.63, 3.8) is 0 Å². The molecule has 4 rings (SSSR count). The van der Waals surface area contributed by atoms with Gasteiger partial charge in [-0.15, -0.1) is 0 Å². The summed E-state index contributed by atoms with van der Waals surface area (Å²) < 4.78 is 11.1. The number of rotatable bonds is 5. The lowest BCUT2D eigenvalue weighted by Gasteiger charge is -2.32. The molecule has 0 unspecified atom stereocenters. The van der Waals surface area contributed by atoms with Gasteiger partial charge in [0.2, 0.25) is 5.91 Å². The van der Waals surface area contributed by atoms with Gasteiger partial charge in [-0.2, -0.15) is 0 Å². The predicted octanol–water partition coefficient (Wildman–Crippen LogP) is 4.16. The molecule has 1 aliphatic carbocycles. The lowest BCUT2D eigenvalue weighted by molar-refractivity contribution is -0.124. The lowest BCUT2D eigenvalue weighted by atomic mass is 9.86. The van der Waals surface area contributed by atoms with Gasteiger partial charge in [-0.25, -0.2) is 0 Å². The molecule has 1 aliphatic heterocycles. The summed E-state index contributed by atoms with van der Waals surface area (Å²) in [4.78, 5) is 27.6. The maximum Gasteiger partial charge on any atom is 0.294 e. The first kappa shape index (κ1) is 21.0. The Morgan fingerprint density at radius 1 is 1.16 bits per heavy atom. The van der Waals surface area contributed by atoms with E-state index in [9.17, 15) is 9.59 Å². The van der Waals surface area contributed by atoms with Crippen molar-refractivity contribution < 1.29 is 19.1 Å². The zero-order chi connectivity index (χ0) is 21.8. The molecule has 1 heterocycles. The topological polar surface area (TPSA) is 67.9 Å². The van der Waals surface area contributed by atoms with Gasteiger partial charge in [-0.1, -0.05) is 44.0 Å². The minimum atomic E-state index is -0.332. The molecule has 31 heavy (non-hydrogen) atoms. The molecule has 0 saturated heterocycles. The van der Waals surface area contributed by atoms with Crippen molar-refractivity contribution in [2.45, 2.75) is 38.6 Å². The first-order chi connectivity index (χ1) is 15.0. The fraction of sp³-hybridized carbons (Fsp3) is 0.360. The van der Waals surface area contributed by atoms with Gasteiger partial charge in [0, 0.05) is 6.04 Å². The second-order valence-corrected chi connectivity index (χ2v) is 8.18. The van der Waals surface area contributed by atoms with Gasteiger partial charge in [0.05, 0.1) is 12.8 Å². The minimum Gasteiger partial charge on any atom is -0.497 e. The quantitative estimate of drug-likeness (QED) is 0.738. The van der Waals surface area contributed by atoms with E-state index in [1.54, 1.807) is 25.3 Å². The Kier molecular flexibility index (Phi) is 6.26. The first-order valence-electron chi connectivity index (χ1n) is 10.8. The number of methoxy groups -OCH3 is 1. The summed E-state index contributed by atoms with van der Waals surface area (Å²) in [5, 5.41) is 3.14. The number of hydrogen-bond acceptors (Lipinski definition) is 4. The molecule has 1 saturated carbocycles. The largest absolute Gasteiger partial charge is 0.497 e. The normalized spacial score (nSPS) is 21.9. The molecule has 2 amide bonds. The maximum atomic E-state index is 13.2. The van der Waals surface area contributed by atoms with Gasteiger partial charge in [0.15, 0.2) is 11.5 Å². The van der Waals surface area contributed by atoms with Gasteiger partial charge in [0.25, 0.3) is 5.91 Å². The number of hydrogen-bond donors (Lipinski definition) is 1. The summed E-state index contributed by atoms with van der Waals surface area (Å²) in [5.41, 5.74) is 1.41. The summed E-state index contributed by atoms with van der Waals surface area (Å²) in [6, 6.07) is 14.8. The third-order valence-electron chi connectivity index (χ3n) is 6.01. The van der Waals surface area contributed by atoms with Crippen LogP contribution in [-0.4, -0.2) is 31.5 Å². The molecule has 0 aromatic heterocycles. The second kappa shape index (κ2) is 9.25. The molecule has 0 spiro atoms. The van der Waals surface area contributed by atoms with E-state index in [1.165, 1.54) is 11.3 Å². The monoisotopic (exact) mass is 420 g/mol. The highest BCUT2D eigenvalue weighted by Gasteiger charge is 2.32. The number of carbonyl (C=O) groups excluding carboxylic acids is 2. The van der Waals surface area contributed by atoms with Gasteiger partial charge in [0.1, 0.15) is 12.3 Å². The number of carbonyl (C=O) groups is 2. The third-order valence-corrected chi connectivity index (χ3v) is 6.01. The van der Waals surface area contributed by atoms with Gasteiger partial charge < -0.3 is 14.8 Å². The fourth-order valence-electron chi connectivity index (χ4n) is 4.20. The number of nitrogens with zero attached hydrogens (tertiary/aromatic N) is 1. The van der Waals surface area contributed by atoms with Crippen LogP contribution in [0.15, 0.2) is 54.3 Å². The van der Waals surface area contributed by atoms with E-state index in [4.69, 9.17) is 9.47 Å². The van der Waals surface area contributed by atoms with Crippen molar-refractivity contribution in [2.75, 3.05) is 18.6 Å². The van der Waals surface area contributed by atoms with Crippen LogP contribution < -0.4 is 19.7 Å². The van der Waals surface area contributed by atoms with Gasteiger partial charge >= 0.3 is 0 Å². The van der Waals surface area contributed by atoms with Gasteiger partial charge in [-0.3, -0.25) is 14.5 Å². The average molecular weight is 421 g/mol. The highest BCUT2D eigenvalue weighted by Crippen LogP contribution is 2.35. The molecule has 2 aliphatic rings. The number of benzene rings is 2. The van der Waals surface area contributed by atoms with Crippen LogP contribution in [0.5, 0.6) is 11.5 Å². The second-order valence-electron chi connectivity index (χ2n) is 8.18. The Labute approximate surface area is 182 Å². The van der Waals surface area contributed by atoms with Crippen molar-refractivity contribution in [1.82, 2.24) is 5.32 Å². The molecule has 2 aromatic rings. The minimum absolute atomic E-state index is 0.0393. The van der Waals surface area contributed by atoms with E-state index < -0.39 is 0 Å². The highest BCUT2D eigenvalue weighted by molar-refractivity contribution is 6.12. The van der Waals surface area contributed by atoms with E-state index in [-0.39, 0.29) is 30.2 Å². The number of para-hydroxylation sites is 2. The Balaban J connectivity index is 1.56. The molecule has 6 heteroatoms. The van der Waals surface area contributed by atoms with Crippen molar-refractivity contribution in [1.29, 1.82) is 0 Å². The van der Waals surface area contributed by atoms with Crippen LogP contribution in [0.25, 0.3) is 6.08 Å². The number of nitrogens with one attached hydrogen (secondary N) is 1. The summed E-state index contributed by atoms with van der Waals surface area (Å²) in [6.45, 7) is 2.14. The Morgan fingerprint density at radius 3 is 2.65 bits per heavy atom. The molecule has 6 nitrogen and oxygen atoms in total. The summed E-state index contributed by atoms with van der Waals surface area (Å²) in [7, 11) is 1.61. The van der Waals surface area contributed by atoms with Crippen LogP contribution >= 0.6 is 0 Å². The smallest absolute Gasteiger partial charge is 0.294 e. The van der Waals surface area contributed by atoms with E-state index in [0.29, 0.717) is 17.4 Å². The van der Waals surface area contributed by atoms with Crippen molar-refractivity contribution in [3.05, 3.63) is 59.9 Å². The van der Waals surface area contributed by atoms with Crippen LogP contribution in [0.1, 0.15) is 38.2 Å². The Bertz CT molecular complexity index is 983. The molecule has 2 aromatic carbocycles. The zero-order valence-electron chi connectivity index (χ0n) is 18.0. The highest BCUT2D eigenvalue weighted by atomic mass is 16.5. The molecule has 2 atom stereocenters. The van der Waals surface area contributed by atoms with Gasteiger partial charge in [-0.05, 0) is 54.7 Å². The van der Waals surface area contributed by atoms with Crippen molar-refractivity contribution in [2.24, 2.45) is 5.92 Å². The van der Waals surface area contributed by atoms with E-state index in [0.717, 1.165) is 30.6 Å². The summed E-state index contributed by atoms with van der Waals surface area (Å²) >= 11 is 0. The molecule has 0 bridgehead atoms. The molecule has 1 fully saturated rings. The molecular weight excluding hydrogens is 392 g/mol. The number of ether oxygens (including phenoxy) is 2. The SMILES string of the molecule is COc1ccc(/C=C2\Oc3ccccc3N(CC(=O)N[C@H]3CCCC[C@@H]3C)C2=O)cc1. The number of anilines is 1.